The van der Waals surface area contributed by atoms with Crippen LogP contribution in [0, 0.1) is 11.8 Å². The highest BCUT2D eigenvalue weighted by molar-refractivity contribution is 6.30. The van der Waals surface area contributed by atoms with E-state index in [0.29, 0.717) is 35.2 Å². The van der Waals surface area contributed by atoms with E-state index in [0.717, 1.165) is 31.2 Å². The maximum atomic E-state index is 13.0. The Balaban J connectivity index is 1.49. The Morgan fingerprint density at radius 2 is 2.03 bits per heavy atom. The predicted octanol–water partition coefficient (Wildman–Crippen LogP) is 5.07. The van der Waals surface area contributed by atoms with E-state index in [1.165, 1.54) is 12.8 Å². The third-order valence-electron chi connectivity index (χ3n) is 7.11. The molecule has 2 fully saturated rings. The summed E-state index contributed by atoms with van der Waals surface area (Å²) in [6, 6.07) is 8.37. The molecule has 1 amide bonds. The van der Waals surface area contributed by atoms with Crippen molar-refractivity contribution < 1.29 is 9.32 Å². The monoisotopic (exact) mass is 444 g/mol. The SMILES string of the molecule is CCC(C)NC(=O)C1CC(C)N(Cc2nc(-c3ccc(Cl)cc3)no2)C2CCCCC12. The van der Waals surface area contributed by atoms with E-state index < -0.39 is 0 Å². The van der Waals surface area contributed by atoms with Crippen molar-refractivity contribution >= 4 is 17.5 Å². The average Bonchev–Trinajstić information content (AvgIpc) is 3.24. The van der Waals surface area contributed by atoms with Gasteiger partial charge in [-0.1, -0.05) is 36.5 Å². The summed E-state index contributed by atoms with van der Waals surface area (Å²) in [5.41, 5.74) is 0.892. The molecule has 1 aromatic heterocycles. The van der Waals surface area contributed by atoms with Gasteiger partial charge in [0.1, 0.15) is 0 Å². The zero-order valence-corrected chi connectivity index (χ0v) is 19.4. The number of nitrogens with zero attached hydrogens (tertiary/aromatic N) is 3. The number of benzene rings is 1. The van der Waals surface area contributed by atoms with Crippen molar-refractivity contribution in [2.75, 3.05) is 0 Å². The largest absolute Gasteiger partial charge is 0.353 e. The van der Waals surface area contributed by atoms with Gasteiger partial charge in [0.05, 0.1) is 6.54 Å². The highest BCUT2D eigenvalue weighted by atomic mass is 35.5. The molecule has 6 nitrogen and oxygen atoms in total. The highest BCUT2D eigenvalue weighted by Crippen LogP contribution is 2.42. The highest BCUT2D eigenvalue weighted by Gasteiger charge is 2.45. The number of piperidine rings is 1. The Labute approximate surface area is 189 Å². The maximum Gasteiger partial charge on any atom is 0.241 e. The van der Waals surface area contributed by atoms with Crippen LogP contribution < -0.4 is 5.32 Å². The van der Waals surface area contributed by atoms with Crippen molar-refractivity contribution in [3.05, 3.63) is 35.2 Å². The van der Waals surface area contributed by atoms with Gasteiger partial charge in [0.15, 0.2) is 0 Å². The molecule has 1 aliphatic heterocycles. The van der Waals surface area contributed by atoms with Crippen LogP contribution >= 0.6 is 11.6 Å². The van der Waals surface area contributed by atoms with Crippen LogP contribution in [0.4, 0.5) is 0 Å². The molecule has 1 aromatic carbocycles. The first-order valence-electron chi connectivity index (χ1n) is 11.6. The Bertz CT molecular complexity index is 884. The fourth-order valence-corrected chi connectivity index (χ4v) is 5.37. The van der Waals surface area contributed by atoms with Crippen molar-refractivity contribution in [2.45, 2.75) is 84.0 Å². The summed E-state index contributed by atoms with van der Waals surface area (Å²) in [6.07, 6.45) is 6.50. The van der Waals surface area contributed by atoms with Crippen LogP contribution in [-0.2, 0) is 11.3 Å². The van der Waals surface area contributed by atoms with Gasteiger partial charge in [-0.05, 0) is 69.7 Å². The minimum Gasteiger partial charge on any atom is -0.353 e. The first-order chi connectivity index (χ1) is 15.0. The second-order valence-corrected chi connectivity index (χ2v) is 9.65. The van der Waals surface area contributed by atoms with Crippen LogP contribution in [0.15, 0.2) is 28.8 Å². The molecule has 7 heteroatoms. The van der Waals surface area contributed by atoms with E-state index in [2.05, 4.69) is 41.1 Å². The number of hydrogen-bond donors (Lipinski definition) is 1. The molecule has 1 aliphatic carbocycles. The zero-order valence-electron chi connectivity index (χ0n) is 18.7. The summed E-state index contributed by atoms with van der Waals surface area (Å²) >= 11 is 5.98. The summed E-state index contributed by atoms with van der Waals surface area (Å²) in [5.74, 6) is 1.94. The van der Waals surface area contributed by atoms with E-state index in [1.54, 1.807) is 0 Å². The van der Waals surface area contributed by atoms with Gasteiger partial charge in [-0.2, -0.15) is 4.98 Å². The summed E-state index contributed by atoms with van der Waals surface area (Å²) in [7, 11) is 0. The van der Waals surface area contributed by atoms with E-state index >= 15 is 0 Å². The molecule has 0 bridgehead atoms. The summed E-state index contributed by atoms with van der Waals surface area (Å²) in [5, 5.41) is 8.10. The molecular weight excluding hydrogens is 412 g/mol. The number of fused-ring (bicyclic) bond motifs is 1. The van der Waals surface area contributed by atoms with Gasteiger partial charge in [-0.25, -0.2) is 0 Å². The number of halogens is 1. The molecule has 5 unspecified atom stereocenters. The molecule has 2 aliphatic rings. The number of aromatic nitrogens is 2. The number of hydrogen-bond acceptors (Lipinski definition) is 5. The molecule has 2 heterocycles. The van der Waals surface area contributed by atoms with Gasteiger partial charge in [-0.15, -0.1) is 0 Å². The van der Waals surface area contributed by atoms with Gasteiger partial charge in [-0.3, -0.25) is 9.69 Å². The van der Waals surface area contributed by atoms with Gasteiger partial charge < -0.3 is 9.84 Å². The lowest BCUT2D eigenvalue weighted by Gasteiger charge is -2.50. The average molecular weight is 445 g/mol. The molecule has 1 N–H and O–H groups in total. The third-order valence-corrected chi connectivity index (χ3v) is 7.36. The summed E-state index contributed by atoms with van der Waals surface area (Å²) in [4.78, 5) is 20.2. The fourth-order valence-electron chi connectivity index (χ4n) is 5.24. The molecule has 2 aromatic rings. The molecular formula is C24H33ClN4O2. The van der Waals surface area contributed by atoms with Crippen LogP contribution in [0.2, 0.25) is 5.02 Å². The zero-order chi connectivity index (χ0) is 22.0. The first-order valence-corrected chi connectivity index (χ1v) is 12.0. The Morgan fingerprint density at radius 1 is 1.29 bits per heavy atom. The second-order valence-electron chi connectivity index (χ2n) is 9.22. The van der Waals surface area contributed by atoms with E-state index in [4.69, 9.17) is 16.1 Å². The molecule has 1 saturated carbocycles. The topological polar surface area (TPSA) is 71.3 Å². The lowest BCUT2D eigenvalue weighted by molar-refractivity contribution is -0.134. The molecule has 0 spiro atoms. The minimum absolute atomic E-state index is 0.0952. The Hall–Kier alpha value is -1.92. The van der Waals surface area contributed by atoms with Gasteiger partial charge in [0.25, 0.3) is 0 Å². The maximum absolute atomic E-state index is 13.0. The predicted molar refractivity (Wildman–Crippen MR) is 121 cm³/mol. The number of likely N-dealkylation sites (tertiary alicyclic amines) is 1. The van der Waals surface area contributed by atoms with E-state index in [1.807, 2.05) is 24.3 Å². The normalized spacial score (nSPS) is 27.5. The van der Waals surface area contributed by atoms with Crippen molar-refractivity contribution in [1.29, 1.82) is 0 Å². The van der Waals surface area contributed by atoms with Crippen molar-refractivity contribution in [3.63, 3.8) is 0 Å². The second kappa shape index (κ2) is 9.70. The van der Waals surface area contributed by atoms with Crippen LogP contribution in [-0.4, -0.2) is 39.1 Å². The molecule has 168 valence electrons. The Kier molecular flexibility index (Phi) is 6.97. The van der Waals surface area contributed by atoms with Gasteiger partial charge in [0.2, 0.25) is 17.6 Å². The molecule has 4 rings (SSSR count). The number of amides is 1. The number of rotatable bonds is 6. The quantitative estimate of drug-likeness (QED) is 0.673. The molecule has 1 saturated heterocycles. The first kappa shape index (κ1) is 22.3. The lowest BCUT2D eigenvalue weighted by atomic mass is 9.69. The fraction of sp³-hybridized carbons (Fsp3) is 0.625. The summed E-state index contributed by atoms with van der Waals surface area (Å²) < 4.78 is 5.61. The van der Waals surface area contributed by atoms with E-state index in [-0.39, 0.29) is 23.9 Å². The molecule has 0 radical (unpaired) electrons. The van der Waals surface area contributed by atoms with Crippen molar-refractivity contribution in [1.82, 2.24) is 20.4 Å². The van der Waals surface area contributed by atoms with Crippen molar-refractivity contribution in [2.24, 2.45) is 11.8 Å². The number of nitrogens with one attached hydrogen (secondary N) is 1. The standard InChI is InChI=1S/C24H33ClN4O2/c1-4-15(2)26-24(30)20-13-16(3)29(21-8-6-5-7-19(20)21)14-22-27-23(28-31-22)17-9-11-18(25)12-10-17/h9-12,15-16,19-21H,4-8,13-14H2,1-3H3,(H,26,30). The van der Waals surface area contributed by atoms with Gasteiger partial charge in [0, 0.05) is 34.6 Å². The van der Waals surface area contributed by atoms with E-state index in [9.17, 15) is 4.79 Å². The molecule has 31 heavy (non-hydrogen) atoms. The van der Waals surface area contributed by atoms with Gasteiger partial charge >= 0.3 is 0 Å². The number of carbonyl (C=O) groups excluding carboxylic acids is 1. The van der Waals surface area contributed by atoms with Crippen LogP contribution in [0.25, 0.3) is 11.4 Å². The minimum atomic E-state index is 0.0952. The van der Waals surface area contributed by atoms with Crippen LogP contribution in [0.1, 0.15) is 65.2 Å². The molecule has 5 atom stereocenters. The smallest absolute Gasteiger partial charge is 0.241 e. The lowest BCUT2D eigenvalue weighted by Crippen LogP contribution is -2.57. The number of carbonyl (C=O) groups is 1. The Morgan fingerprint density at radius 3 is 2.77 bits per heavy atom. The third kappa shape index (κ3) is 4.96. The van der Waals surface area contributed by atoms with Crippen LogP contribution in [0.3, 0.4) is 0 Å². The van der Waals surface area contributed by atoms with Crippen molar-refractivity contribution in [3.8, 4) is 11.4 Å². The van der Waals surface area contributed by atoms with Crippen LogP contribution in [0.5, 0.6) is 0 Å². The summed E-state index contributed by atoms with van der Waals surface area (Å²) in [6.45, 7) is 7.05.